The molecule has 0 spiro atoms. The molecule has 1 aliphatic rings. The van der Waals surface area contributed by atoms with Gasteiger partial charge < -0.3 is 4.90 Å². The van der Waals surface area contributed by atoms with Crippen molar-refractivity contribution in [2.24, 2.45) is 0 Å². The van der Waals surface area contributed by atoms with E-state index in [0.29, 0.717) is 5.88 Å². The molecule has 1 aliphatic heterocycles. The van der Waals surface area contributed by atoms with Gasteiger partial charge in [-0.3, -0.25) is 0 Å². The number of aryl methyl sites for hydroxylation is 1. The summed E-state index contributed by atoms with van der Waals surface area (Å²) in [4.78, 5) is 7.00. The van der Waals surface area contributed by atoms with Crippen molar-refractivity contribution in [1.29, 1.82) is 0 Å². The smallest absolute Gasteiger partial charge is 0.128 e. The van der Waals surface area contributed by atoms with Crippen molar-refractivity contribution in [1.82, 2.24) is 4.98 Å². The summed E-state index contributed by atoms with van der Waals surface area (Å²) in [5.74, 6) is 1.77. The molecule has 0 saturated carbocycles. The SMILES string of the molecule is ClCCc1cccc(N2CCCCC2)n1. The van der Waals surface area contributed by atoms with Gasteiger partial charge in [-0.1, -0.05) is 6.07 Å². The predicted octanol–water partition coefficient (Wildman–Crippen LogP) is 2.85. The first-order valence-corrected chi connectivity index (χ1v) is 6.20. The summed E-state index contributed by atoms with van der Waals surface area (Å²) in [6.45, 7) is 2.30. The standard InChI is InChI=1S/C12H17ClN2/c13-8-7-11-5-4-6-12(14-11)15-9-2-1-3-10-15/h4-6H,1-3,7-10H2. The molecule has 0 N–H and O–H groups in total. The van der Waals surface area contributed by atoms with E-state index in [4.69, 9.17) is 11.6 Å². The lowest BCUT2D eigenvalue weighted by Gasteiger charge is -2.27. The molecule has 1 fully saturated rings. The first-order chi connectivity index (χ1) is 7.40. The number of pyridine rings is 1. The van der Waals surface area contributed by atoms with Crippen LogP contribution >= 0.6 is 11.6 Å². The Kier molecular flexibility index (Phi) is 3.84. The Hall–Kier alpha value is -0.760. The van der Waals surface area contributed by atoms with E-state index in [1.807, 2.05) is 0 Å². The summed E-state index contributed by atoms with van der Waals surface area (Å²) in [7, 11) is 0. The van der Waals surface area contributed by atoms with Gasteiger partial charge >= 0.3 is 0 Å². The van der Waals surface area contributed by atoms with Crippen molar-refractivity contribution in [2.75, 3.05) is 23.9 Å². The lowest BCUT2D eigenvalue weighted by Crippen LogP contribution is -2.30. The third-order valence-electron chi connectivity index (χ3n) is 2.82. The maximum atomic E-state index is 5.72. The minimum Gasteiger partial charge on any atom is -0.357 e. The van der Waals surface area contributed by atoms with Crippen molar-refractivity contribution in [3.05, 3.63) is 23.9 Å². The van der Waals surface area contributed by atoms with Crippen molar-refractivity contribution < 1.29 is 0 Å². The van der Waals surface area contributed by atoms with E-state index in [0.717, 1.165) is 31.0 Å². The molecule has 0 atom stereocenters. The molecule has 1 saturated heterocycles. The minimum absolute atomic E-state index is 0.649. The van der Waals surface area contributed by atoms with Gasteiger partial charge in [-0.05, 0) is 31.4 Å². The van der Waals surface area contributed by atoms with Crippen molar-refractivity contribution in [3.63, 3.8) is 0 Å². The summed E-state index contributed by atoms with van der Waals surface area (Å²) in [6, 6.07) is 6.23. The van der Waals surface area contributed by atoms with Gasteiger partial charge in [-0.15, -0.1) is 11.6 Å². The normalized spacial score (nSPS) is 16.7. The third-order valence-corrected chi connectivity index (χ3v) is 3.01. The molecule has 2 nitrogen and oxygen atoms in total. The van der Waals surface area contributed by atoms with Gasteiger partial charge in [0.15, 0.2) is 0 Å². The molecule has 15 heavy (non-hydrogen) atoms. The highest BCUT2D eigenvalue weighted by molar-refractivity contribution is 6.17. The molecule has 0 radical (unpaired) electrons. The Morgan fingerprint density at radius 3 is 2.73 bits per heavy atom. The lowest BCUT2D eigenvalue weighted by molar-refractivity contribution is 0.573. The summed E-state index contributed by atoms with van der Waals surface area (Å²) in [5, 5.41) is 0. The van der Waals surface area contributed by atoms with E-state index < -0.39 is 0 Å². The monoisotopic (exact) mass is 224 g/mol. The molecule has 0 aliphatic carbocycles. The van der Waals surface area contributed by atoms with Crippen LogP contribution in [0.15, 0.2) is 18.2 Å². The maximum absolute atomic E-state index is 5.72. The molecule has 0 unspecified atom stereocenters. The summed E-state index contributed by atoms with van der Waals surface area (Å²) < 4.78 is 0. The van der Waals surface area contributed by atoms with Crippen LogP contribution in [0.2, 0.25) is 0 Å². The second-order valence-electron chi connectivity index (χ2n) is 3.97. The van der Waals surface area contributed by atoms with E-state index in [1.54, 1.807) is 0 Å². The van der Waals surface area contributed by atoms with Gasteiger partial charge in [0.05, 0.1) is 0 Å². The second kappa shape index (κ2) is 5.36. The van der Waals surface area contributed by atoms with E-state index in [1.165, 1.54) is 19.3 Å². The fourth-order valence-corrected chi connectivity index (χ4v) is 2.20. The van der Waals surface area contributed by atoms with Gasteiger partial charge in [0.1, 0.15) is 5.82 Å². The molecule has 2 heterocycles. The van der Waals surface area contributed by atoms with Gasteiger partial charge in [0.25, 0.3) is 0 Å². The summed E-state index contributed by atoms with van der Waals surface area (Å²) in [5.41, 5.74) is 1.10. The van der Waals surface area contributed by atoms with Gasteiger partial charge in [-0.25, -0.2) is 4.98 Å². The van der Waals surface area contributed by atoms with Crippen LogP contribution in [0.3, 0.4) is 0 Å². The number of rotatable bonds is 3. The van der Waals surface area contributed by atoms with Crippen LogP contribution in [0.25, 0.3) is 0 Å². The molecule has 82 valence electrons. The number of nitrogens with zero attached hydrogens (tertiary/aromatic N) is 2. The minimum atomic E-state index is 0.649. The first-order valence-electron chi connectivity index (χ1n) is 5.67. The molecule has 0 aromatic carbocycles. The van der Waals surface area contributed by atoms with Crippen LogP contribution in [0, 0.1) is 0 Å². The van der Waals surface area contributed by atoms with Gasteiger partial charge in [0, 0.05) is 31.1 Å². The van der Waals surface area contributed by atoms with Gasteiger partial charge in [0.2, 0.25) is 0 Å². The Bertz CT molecular complexity index is 308. The van der Waals surface area contributed by atoms with Crippen LogP contribution in [-0.4, -0.2) is 24.0 Å². The summed E-state index contributed by atoms with van der Waals surface area (Å²) >= 11 is 5.72. The number of anilines is 1. The van der Waals surface area contributed by atoms with Crippen molar-refractivity contribution >= 4 is 17.4 Å². The fraction of sp³-hybridized carbons (Fsp3) is 0.583. The zero-order valence-electron chi connectivity index (χ0n) is 8.95. The molecule has 1 aromatic heterocycles. The zero-order chi connectivity index (χ0) is 10.5. The highest BCUT2D eigenvalue weighted by Gasteiger charge is 2.11. The Morgan fingerprint density at radius 1 is 1.20 bits per heavy atom. The predicted molar refractivity (Wildman–Crippen MR) is 64.7 cm³/mol. The highest BCUT2D eigenvalue weighted by Crippen LogP contribution is 2.17. The quantitative estimate of drug-likeness (QED) is 0.734. The molecule has 0 amide bonds. The summed E-state index contributed by atoms with van der Waals surface area (Å²) in [6.07, 6.45) is 4.81. The van der Waals surface area contributed by atoms with Gasteiger partial charge in [-0.2, -0.15) is 0 Å². The maximum Gasteiger partial charge on any atom is 0.128 e. The highest BCUT2D eigenvalue weighted by atomic mass is 35.5. The Morgan fingerprint density at radius 2 is 2.00 bits per heavy atom. The average molecular weight is 225 g/mol. The van der Waals surface area contributed by atoms with Crippen LogP contribution in [0.5, 0.6) is 0 Å². The van der Waals surface area contributed by atoms with Crippen molar-refractivity contribution in [2.45, 2.75) is 25.7 Å². The number of piperidine rings is 1. The van der Waals surface area contributed by atoms with E-state index >= 15 is 0 Å². The van der Waals surface area contributed by atoms with Crippen LogP contribution in [0.1, 0.15) is 25.0 Å². The third kappa shape index (κ3) is 2.85. The van der Waals surface area contributed by atoms with E-state index in [-0.39, 0.29) is 0 Å². The second-order valence-corrected chi connectivity index (χ2v) is 4.35. The van der Waals surface area contributed by atoms with E-state index in [2.05, 4.69) is 28.1 Å². The molecule has 1 aromatic rings. The lowest BCUT2D eigenvalue weighted by atomic mass is 10.1. The zero-order valence-corrected chi connectivity index (χ0v) is 9.71. The van der Waals surface area contributed by atoms with Crippen LogP contribution in [-0.2, 0) is 6.42 Å². The number of alkyl halides is 1. The Balaban J connectivity index is 2.09. The number of halogens is 1. The molecule has 3 heteroatoms. The molecule has 0 bridgehead atoms. The Labute approximate surface area is 96.3 Å². The fourth-order valence-electron chi connectivity index (χ4n) is 2.00. The first kappa shape index (κ1) is 10.7. The van der Waals surface area contributed by atoms with E-state index in [9.17, 15) is 0 Å². The van der Waals surface area contributed by atoms with Crippen LogP contribution < -0.4 is 4.90 Å². The average Bonchev–Trinajstić information content (AvgIpc) is 2.31. The largest absolute Gasteiger partial charge is 0.357 e. The topological polar surface area (TPSA) is 16.1 Å². The van der Waals surface area contributed by atoms with Crippen molar-refractivity contribution in [3.8, 4) is 0 Å². The molecular formula is C12H17ClN2. The molecular weight excluding hydrogens is 208 g/mol. The van der Waals surface area contributed by atoms with Crippen LogP contribution in [0.4, 0.5) is 5.82 Å². The number of hydrogen-bond donors (Lipinski definition) is 0. The molecule has 2 rings (SSSR count). The number of aromatic nitrogens is 1. The number of hydrogen-bond acceptors (Lipinski definition) is 2.